The predicted octanol–water partition coefficient (Wildman–Crippen LogP) is 3.61. The topological polar surface area (TPSA) is 84.4 Å². The van der Waals surface area contributed by atoms with Crippen LogP contribution in [0.4, 0.5) is 30.2 Å². The van der Waals surface area contributed by atoms with Crippen LogP contribution in [0.1, 0.15) is 42.5 Å². The number of benzene rings is 1. The van der Waals surface area contributed by atoms with Gasteiger partial charge in [0.2, 0.25) is 0 Å². The zero-order valence-corrected chi connectivity index (χ0v) is 15.7. The Morgan fingerprint density at radius 1 is 1.33 bits per heavy atom. The van der Waals surface area contributed by atoms with Crippen molar-refractivity contribution in [1.29, 1.82) is 0 Å². The molecule has 0 spiro atoms. The summed E-state index contributed by atoms with van der Waals surface area (Å²) in [5, 5.41) is 2.94. The van der Waals surface area contributed by atoms with E-state index in [-0.39, 0.29) is 0 Å². The molecule has 1 aliphatic carbocycles. The number of nitrogens with two attached hydrogens (primary N) is 2. The third-order valence-electron chi connectivity index (χ3n) is 4.51. The van der Waals surface area contributed by atoms with Crippen LogP contribution in [0.25, 0.3) is 0 Å². The monoisotopic (exact) mass is 384 g/mol. The predicted molar refractivity (Wildman–Crippen MR) is 104 cm³/mol. The molecule has 0 saturated heterocycles. The average molecular weight is 384 g/mol. The van der Waals surface area contributed by atoms with Crippen molar-refractivity contribution in [2.45, 2.75) is 38.3 Å². The van der Waals surface area contributed by atoms with Crippen molar-refractivity contribution in [3.8, 4) is 12.3 Å². The molecule has 1 fully saturated rings. The van der Waals surface area contributed by atoms with Gasteiger partial charge in [-0.3, -0.25) is 4.79 Å². The maximum absolute atomic E-state index is 11.9. The van der Waals surface area contributed by atoms with Gasteiger partial charge in [0, 0.05) is 14.1 Å². The molecule has 0 unspecified atom stereocenters. The highest BCUT2D eigenvalue weighted by Crippen LogP contribution is 2.37. The van der Waals surface area contributed by atoms with E-state index in [0.29, 0.717) is 36.3 Å². The number of nitrogen functional groups attached to an aromatic ring is 1. The number of alkyl halides is 3. The molecular weight excluding hydrogens is 357 g/mol. The van der Waals surface area contributed by atoms with Crippen LogP contribution in [0.5, 0.6) is 0 Å². The Kier molecular flexibility index (Phi) is 8.29. The minimum Gasteiger partial charge on any atom is -0.397 e. The summed E-state index contributed by atoms with van der Waals surface area (Å²) in [6.07, 6.45) is 4.50. The molecule has 1 aromatic rings. The van der Waals surface area contributed by atoms with E-state index in [1.807, 2.05) is 0 Å². The number of anilines is 3. The van der Waals surface area contributed by atoms with Crippen LogP contribution >= 0.6 is 0 Å². The fourth-order valence-electron chi connectivity index (χ4n) is 2.99. The highest BCUT2D eigenvalue weighted by Gasteiger charge is 2.39. The third-order valence-corrected chi connectivity index (χ3v) is 4.51. The lowest BCUT2D eigenvalue weighted by molar-refractivity contribution is -0.181. The fourth-order valence-corrected chi connectivity index (χ4v) is 2.99. The molecule has 5 N–H and O–H groups in total. The van der Waals surface area contributed by atoms with Gasteiger partial charge < -0.3 is 21.7 Å². The van der Waals surface area contributed by atoms with E-state index in [1.54, 1.807) is 31.1 Å². The molecule has 0 atom stereocenters. The summed E-state index contributed by atoms with van der Waals surface area (Å²) in [4.78, 5) is 13.1. The average Bonchev–Trinajstić information content (AvgIpc) is 2.62. The normalized spacial score (nSPS) is 14.5. The number of carbonyl (C=O) groups is 1. The van der Waals surface area contributed by atoms with E-state index in [0.717, 1.165) is 24.9 Å². The van der Waals surface area contributed by atoms with Crippen LogP contribution in [0.15, 0.2) is 12.1 Å². The van der Waals surface area contributed by atoms with E-state index in [2.05, 4.69) is 11.2 Å². The van der Waals surface area contributed by atoms with Gasteiger partial charge >= 0.3 is 6.18 Å². The highest BCUT2D eigenvalue weighted by molar-refractivity contribution is 6.01. The second kappa shape index (κ2) is 9.95. The number of hydrogen-bond acceptors (Lipinski definition) is 4. The van der Waals surface area contributed by atoms with Crippen LogP contribution in [0, 0.1) is 18.3 Å². The first kappa shape index (κ1) is 22.5. The number of primary amides is 1. The first-order chi connectivity index (χ1) is 12.6. The smallest absolute Gasteiger partial charge is 0.391 e. The molecule has 0 aliphatic heterocycles. The van der Waals surface area contributed by atoms with Gasteiger partial charge in [-0.2, -0.15) is 13.2 Å². The van der Waals surface area contributed by atoms with Gasteiger partial charge in [-0.15, -0.1) is 6.42 Å². The number of terminal acetylenes is 1. The molecule has 1 amide bonds. The van der Waals surface area contributed by atoms with Gasteiger partial charge in [-0.1, -0.05) is 25.2 Å². The molecule has 27 heavy (non-hydrogen) atoms. The number of hydrogen-bond donors (Lipinski definition) is 3. The van der Waals surface area contributed by atoms with Crippen molar-refractivity contribution in [2.75, 3.05) is 36.6 Å². The van der Waals surface area contributed by atoms with Crippen molar-refractivity contribution in [3.05, 3.63) is 17.7 Å². The summed E-state index contributed by atoms with van der Waals surface area (Å²) >= 11 is 0. The lowest BCUT2D eigenvalue weighted by atomic mass is 9.89. The molecule has 1 aromatic carbocycles. The van der Waals surface area contributed by atoms with Crippen LogP contribution in [0.2, 0.25) is 0 Å². The van der Waals surface area contributed by atoms with Gasteiger partial charge in [0.25, 0.3) is 5.91 Å². The second-order valence-corrected chi connectivity index (χ2v) is 6.51. The number of rotatable bonds is 4. The molecular formula is C19H27F3N4O. The largest absolute Gasteiger partial charge is 0.397 e. The van der Waals surface area contributed by atoms with Gasteiger partial charge in [-0.25, -0.2) is 0 Å². The molecule has 1 aliphatic rings. The van der Waals surface area contributed by atoms with Crippen molar-refractivity contribution in [2.24, 2.45) is 11.7 Å². The van der Waals surface area contributed by atoms with E-state index in [4.69, 9.17) is 17.9 Å². The molecule has 0 radical (unpaired) electrons. The number of halogens is 3. The van der Waals surface area contributed by atoms with Gasteiger partial charge in [-0.05, 0) is 25.0 Å². The van der Waals surface area contributed by atoms with Crippen LogP contribution < -0.4 is 21.7 Å². The Labute approximate surface area is 158 Å². The van der Waals surface area contributed by atoms with Gasteiger partial charge in [0.05, 0.1) is 35.1 Å². The molecule has 1 saturated carbocycles. The molecule has 8 heteroatoms. The van der Waals surface area contributed by atoms with E-state index >= 15 is 0 Å². The maximum Gasteiger partial charge on any atom is 0.391 e. The third kappa shape index (κ3) is 6.59. The number of carbonyl (C=O) groups excluding carboxylic acids is 1. The molecule has 5 nitrogen and oxygen atoms in total. The Balaban J connectivity index is 0.000000309. The minimum atomic E-state index is -3.93. The van der Waals surface area contributed by atoms with Crippen LogP contribution in [-0.4, -0.2) is 32.7 Å². The van der Waals surface area contributed by atoms with E-state index < -0.39 is 18.0 Å². The Hall–Kier alpha value is -2.56. The molecule has 2 rings (SSSR count). The first-order valence-electron chi connectivity index (χ1n) is 8.74. The summed E-state index contributed by atoms with van der Waals surface area (Å²) in [5.41, 5.74) is 13.3. The Bertz CT molecular complexity index is 677. The van der Waals surface area contributed by atoms with Crippen LogP contribution in [0.3, 0.4) is 0 Å². The number of amides is 1. The fraction of sp³-hybridized carbons (Fsp3) is 0.526. The SMILES string of the molecule is C#CCN(C)c1cc(NC)c(N)cc1C(N)=O.FC(F)(F)C1CCCCC1. The Morgan fingerprint density at radius 3 is 2.33 bits per heavy atom. The lowest BCUT2D eigenvalue weighted by Gasteiger charge is -2.23. The Morgan fingerprint density at radius 2 is 1.93 bits per heavy atom. The molecule has 150 valence electrons. The second-order valence-electron chi connectivity index (χ2n) is 6.51. The van der Waals surface area contributed by atoms with Crippen molar-refractivity contribution in [1.82, 2.24) is 0 Å². The minimum absolute atomic E-state index is 0.351. The number of nitrogens with one attached hydrogen (secondary N) is 1. The van der Waals surface area contributed by atoms with Crippen molar-refractivity contribution >= 4 is 23.0 Å². The zero-order chi connectivity index (χ0) is 20.6. The molecule has 0 heterocycles. The van der Waals surface area contributed by atoms with E-state index in [9.17, 15) is 18.0 Å². The summed E-state index contributed by atoms with van der Waals surface area (Å²) in [6, 6.07) is 3.31. The standard InChI is InChI=1S/C12H16N4O.C7H11F3/c1-4-5-16(3)11-7-10(15-2)9(13)6-8(11)12(14)17;8-7(9,10)6-4-2-1-3-5-6/h1,6-7,15H,5,13H2,2-3H3,(H2,14,17);6H,1-5H2. The zero-order valence-electron chi connectivity index (χ0n) is 15.7. The molecule has 0 bridgehead atoms. The molecule has 0 aromatic heterocycles. The lowest BCUT2D eigenvalue weighted by Crippen LogP contribution is -2.24. The summed E-state index contributed by atoms with van der Waals surface area (Å²) in [5.74, 6) is 0.978. The van der Waals surface area contributed by atoms with E-state index in [1.165, 1.54) is 0 Å². The summed E-state index contributed by atoms with van der Waals surface area (Å²) in [7, 11) is 3.54. The maximum atomic E-state index is 11.9. The van der Waals surface area contributed by atoms with Crippen molar-refractivity contribution in [3.63, 3.8) is 0 Å². The summed E-state index contributed by atoms with van der Waals surface area (Å²) in [6.45, 7) is 0.382. The highest BCUT2D eigenvalue weighted by atomic mass is 19.4. The quantitative estimate of drug-likeness (QED) is 0.547. The first-order valence-corrected chi connectivity index (χ1v) is 8.74. The summed E-state index contributed by atoms with van der Waals surface area (Å²) < 4.78 is 35.8. The number of nitrogens with zero attached hydrogens (tertiary/aromatic N) is 1. The van der Waals surface area contributed by atoms with Gasteiger partial charge in [0.15, 0.2) is 0 Å². The van der Waals surface area contributed by atoms with Crippen molar-refractivity contribution < 1.29 is 18.0 Å². The van der Waals surface area contributed by atoms with Crippen LogP contribution in [-0.2, 0) is 0 Å². The van der Waals surface area contributed by atoms with Gasteiger partial charge in [0.1, 0.15) is 0 Å².